The number of methoxy groups -OCH3 is 1. The molecule has 168 valence electrons. The summed E-state index contributed by atoms with van der Waals surface area (Å²) in [6, 6.07) is 11.6. The Morgan fingerprint density at radius 1 is 1.26 bits per heavy atom. The summed E-state index contributed by atoms with van der Waals surface area (Å²) in [4.78, 5) is 13.3. The number of piperidine rings is 1. The number of hydrogen-bond acceptors (Lipinski definition) is 5. The fraction of sp³-hybridized carbons (Fsp3) is 0.478. The number of halogens is 1. The Morgan fingerprint density at radius 3 is 2.68 bits per heavy atom. The second-order valence-corrected chi connectivity index (χ2v) is 7.97. The molecule has 1 saturated heterocycles. The van der Waals surface area contributed by atoms with Crippen molar-refractivity contribution < 1.29 is 9.13 Å². The molecule has 2 N–H and O–H groups in total. The van der Waals surface area contributed by atoms with Gasteiger partial charge >= 0.3 is 0 Å². The number of aliphatic imine (C=N–C) groups is 1. The first-order valence-electron chi connectivity index (χ1n) is 10.6. The molecule has 3 rings (SSSR count). The lowest BCUT2D eigenvalue weighted by atomic mass is 10.0. The number of likely N-dealkylation sites (tertiary alicyclic amines) is 1. The highest BCUT2D eigenvalue weighted by Crippen LogP contribution is 2.20. The van der Waals surface area contributed by atoms with E-state index in [0.717, 1.165) is 55.5 Å². The van der Waals surface area contributed by atoms with Crippen LogP contribution in [0.3, 0.4) is 0 Å². The summed E-state index contributed by atoms with van der Waals surface area (Å²) in [6.45, 7) is 3.27. The number of nitrogens with zero attached hydrogens (tertiary/aromatic N) is 4. The molecule has 2 aromatic rings. The summed E-state index contributed by atoms with van der Waals surface area (Å²) in [5.41, 5.74) is 1.94. The smallest absolute Gasteiger partial charge is 0.191 e. The summed E-state index contributed by atoms with van der Waals surface area (Å²) in [6.07, 6.45) is 2.02. The predicted molar refractivity (Wildman–Crippen MR) is 123 cm³/mol. The molecular formula is C23H33FN6O. The van der Waals surface area contributed by atoms with E-state index in [1.54, 1.807) is 19.2 Å². The van der Waals surface area contributed by atoms with Gasteiger partial charge in [-0.1, -0.05) is 12.1 Å². The largest absolute Gasteiger partial charge is 0.494 e. The first-order chi connectivity index (χ1) is 15.0. The van der Waals surface area contributed by atoms with Gasteiger partial charge in [0.15, 0.2) is 17.5 Å². The third kappa shape index (κ3) is 6.55. The number of hydrogen-bond donors (Lipinski definition) is 2. The van der Waals surface area contributed by atoms with Gasteiger partial charge < -0.3 is 20.3 Å². The number of pyridine rings is 1. The molecule has 0 amide bonds. The maximum atomic E-state index is 13.9. The quantitative estimate of drug-likeness (QED) is 0.522. The Hall–Kier alpha value is -2.87. The van der Waals surface area contributed by atoms with Gasteiger partial charge in [0.2, 0.25) is 0 Å². The highest BCUT2D eigenvalue weighted by Gasteiger charge is 2.20. The number of anilines is 1. The number of aromatic nitrogens is 1. The first-order valence-corrected chi connectivity index (χ1v) is 10.6. The van der Waals surface area contributed by atoms with E-state index in [1.807, 2.05) is 43.3 Å². The highest BCUT2D eigenvalue weighted by molar-refractivity contribution is 5.79. The zero-order valence-corrected chi connectivity index (χ0v) is 18.9. The van der Waals surface area contributed by atoms with Crippen molar-refractivity contribution in [3.05, 3.63) is 53.5 Å². The van der Waals surface area contributed by atoms with Crippen LogP contribution in [0.2, 0.25) is 0 Å². The van der Waals surface area contributed by atoms with E-state index in [1.165, 1.54) is 7.11 Å². The predicted octanol–water partition coefficient (Wildman–Crippen LogP) is 2.62. The first kappa shape index (κ1) is 22.8. The molecule has 0 aliphatic carbocycles. The van der Waals surface area contributed by atoms with E-state index in [4.69, 9.17) is 4.74 Å². The van der Waals surface area contributed by atoms with Gasteiger partial charge in [0, 0.05) is 46.8 Å². The fourth-order valence-electron chi connectivity index (χ4n) is 3.68. The SMILES string of the molecule is CN=C(NCc1cccc(N(C)C)n1)NC1CCN(Cc2ccc(OC)c(F)c2)CC1. The van der Waals surface area contributed by atoms with Gasteiger partial charge in [-0.05, 0) is 42.7 Å². The van der Waals surface area contributed by atoms with Crippen LogP contribution in [0, 0.1) is 5.82 Å². The summed E-state index contributed by atoms with van der Waals surface area (Å²) in [5.74, 6) is 1.70. The lowest BCUT2D eigenvalue weighted by molar-refractivity contribution is 0.198. The molecule has 1 aliphatic rings. The Kier molecular flexibility index (Phi) is 8.06. The van der Waals surface area contributed by atoms with Crippen molar-refractivity contribution in [2.45, 2.75) is 32.0 Å². The molecule has 0 spiro atoms. The van der Waals surface area contributed by atoms with Gasteiger partial charge in [0.05, 0.1) is 19.3 Å². The van der Waals surface area contributed by atoms with Crippen LogP contribution in [-0.2, 0) is 13.1 Å². The van der Waals surface area contributed by atoms with E-state index in [0.29, 0.717) is 12.6 Å². The van der Waals surface area contributed by atoms with E-state index in [2.05, 4.69) is 25.5 Å². The van der Waals surface area contributed by atoms with Gasteiger partial charge in [0.25, 0.3) is 0 Å². The zero-order valence-electron chi connectivity index (χ0n) is 18.9. The summed E-state index contributed by atoms with van der Waals surface area (Å²) >= 11 is 0. The van der Waals surface area contributed by atoms with Crippen LogP contribution in [-0.4, -0.2) is 63.2 Å². The number of rotatable bonds is 7. The molecule has 0 bridgehead atoms. The maximum Gasteiger partial charge on any atom is 0.191 e. The van der Waals surface area contributed by atoms with Gasteiger partial charge in [0.1, 0.15) is 5.82 Å². The minimum absolute atomic E-state index is 0.286. The summed E-state index contributed by atoms with van der Waals surface area (Å²) in [5, 5.41) is 6.88. The van der Waals surface area contributed by atoms with E-state index < -0.39 is 0 Å². The number of nitrogens with one attached hydrogen (secondary N) is 2. The Balaban J connectivity index is 1.45. The topological polar surface area (TPSA) is 65.0 Å². The summed E-state index contributed by atoms with van der Waals surface area (Å²) in [7, 11) is 7.23. The molecule has 8 heteroatoms. The minimum Gasteiger partial charge on any atom is -0.494 e. The number of benzene rings is 1. The number of ether oxygens (including phenoxy) is 1. The molecular weight excluding hydrogens is 395 g/mol. The lowest BCUT2D eigenvalue weighted by Crippen LogP contribution is -2.48. The van der Waals surface area contributed by atoms with Gasteiger partial charge in [-0.25, -0.2) is 9.37 Å². The van der Waals surface area contributed by atoms with Crippen LogP contribution in [0.5, 0.6) is 5.75 Å². The molecule has 2 heterocycles. The molecule has 1 aliphatic heterocycles. The van der Waals surface area contributed by atoms with Crippen molar-refractivity contribution in [2.24, 2.45) is 4.99 Å². The molecule has 1 aromatic heterocycles. The molecule has 0 saturated carbocycles. The second kappa shape index (κ2) is 10.9. The van der Waals surface area contributed by atoms with Gasteiger partial charge in [-0.15, -0.1) is 0 Å². The van der Waals surface area contributed by atoms with Crippen molar-refractivity contribution in [1.29, 1.82) is 0 Å². The average molecular weight is 429 g/mol. The zero-order chi connectivity index (χ0) is 22.2. The standard InChI is InChI=1S/C23H33FN6O/c1-25-23(26-15-19-6-5-7-22(27-19)29(2)3)28-18-10-12-30(13-11-18)16-17-8-9-21(31-4)20(24)14-17/h5-9,14,18H,10-13,15-16H2,1-4H3,(H2,25,26,28). The lowest BCUT2D eigenvalue weighted by Gasteiger charge is -2.33. The molecule has 31 heavy (non-hydrogen) atoms. The van der Waals surface area contributed by atoms with Crippen molar-refractivity contribution in [1.82, 2.24) is 20.5 Å². The van der Waals surface area contributed by atoms with E-state index in [9.17, 15) is 4.39 Å². The van der Waals surface area contributed by atoms with Gasteiger partial charge in [-0.2, -0.15) is 0 Å². The van der Waals surface area contributed by atoms with E-state index >= 15 is 0 Å². The third-order valence-corrected chi connectivity index (χ3v) is 5.46. The molecule has 0 radical (unpaired) electrons. The molecule has 1 fully saturated rings. The van der Waals surface area contributed by atoms with Crippen molar-refractivity contribution in [3.8, 4) is 5.75 Å². The van der Waals surface area contributed by atoms with Crippen molar-refractivity contribution >= 4 is 11.8 Å². The molecule has 1 aromatic carbocycles. The van der Waals surface area contributed by atoms with Crippen LogP contribution in [0.25, 0.3) is 0 Å². The Bertz CT molecular complexity index is 880. The van der Waals surface area contributed by atoms with Gasteiger partial charge in [-0.3, -0.25) is 9.89 Å². The highest BCUT2D eigenvalue weighted by atomic mass is 19.1. The normalized spacial score (nSPS) is 15.6. The van der Waals surface area contributed by atoms with Crippen LogP contribution < -0.4 is 20.3 Å². The summed E-state index contributed by atoms with van der Waals surface area (Å²) < 4.78 is 18.9. The third-order valence-electron chi connectivity index (χ3n) is 5.46. The molecule has 0 unspecified atom stereocenters. The van der Waals surface area contributed by atoms with E-state index in [-0.39, 0.29) is 11.6 Å². The Morgan fingerprint density at radius 2 is 2.03 bits per heavy atom. The molecule has 7 nitrogen and oxygen atoms in total. The van der Waals surface area contributed by atoms with Crippen LogP contribution in [0.1, 0.15) is 24.1 Å². The van der Waals surface area contributed by atoms with Crippen molar-refractivity contribution in [2.75, 3.05) is 46.2 Å². The van der Waals surface area contributed by atoms with Crippen molar-refractivity contribution in [3.63, 3.8) is 0 Å². The van der Waals surface area contributed by atoms with Crippen LogP contribution >= 0.6 is 0 Å². The minimum atomic E-state index is -0.308. The number of guanidine groups is 1. The molecule has 0 atom stereocenters. The second-order valence-electron chi connectivity index (χ2n) is 7.97. The van der Waals surface area contributed by atoms with Crippen LogP contribution in [0.4, 0.5) is 10.2 Å². The Labute approximate surface area is 184 Å². The average Bonchev–Trinajstić information content (AvgIpc) is 2.78. The van der Waals surface area contributed by atoms with Crippen LogP contribution in [0.15, 0.2) is 41.4 Å². The maximum absolute atomic E-state index is 13.9. The fourth-order valence-corrected chi connectivity index (χ4v) is 3.68. The monoisotopic (exact) mass is 428 g/mol.